The van der Waals surface area contributed by atoms with Gasteiger partial charge in [-0.3, -0.25) is 19.7 Å². The molecule has 1 fully saturated rings. The van der Waals surface area contributed by atoms with Crippen LogP contribution in [-0.4, -0.2) is 51.2 Å². The number of nitro groups is 1. The summed E-state index contributed by atoms with van der Waals surface area (Å²) in [6.07, 6.45) is 0.0832. The van der Waals surface area contributed by atoms with Gasteiger partial charge in [0.05, 0.1) is 22.1 Å². The summed E-state index contributed by atoms with van der Waals surface area (Å²) < 4.78 is 0. The van der Waals surface area contributed by atoms with E-state index >= 15 is 0 Å². The zero-order valence-corrected chi connectivity index (χ0v) is 13.5. The number of carbonyl (C=O) groups is 2. The number of nitro benzene ring substituents is 1. The largest absolute Gasteiger partial charge is 0.378 e. The Balaban J connectivity index is 2.01. The van der Waals surface area contributed by atoms with Crippen LogP contribution in [0, 0.1) is 10.1 Å². The van der Waals surface area contributed by atoms with Gasteiger partial charge in [0.15, 0.2) is 5.60 Å². The molecule has 1 heterocycles. The number of thioether (sulfide) groups is 1. The third kappa shape index (κ3) is 3.92. The molecule has 1 atom stereocenters. The van der Waals surface area contributed by atoms with Crippen LogP contribution >= 0.6 is 23.4 Å². The summed E-state index contributed by atoms with van der Waals surface area (Å²) in [6, 6.07) is 4.20. The number of benzene rings is 1. The van der Waals surface area contributed by atoms with Gasteiger partial charge in [-0.1, -0.05) is 11.6 Å². The molecule has 23 heavy (non-hydrogen) atoms. The lowest BCUT2D eigenvalue weighted by atomic mass is 10.0. The van der Waals surface area contributed by atoms with Crippen LogP contribution in [0.25, 0.3) is 0 Å². The number of β-amino-alcohol motifs (C(OH)–C–C–N with tert-alkyl or cyclic N) is 1. The third-order valence-corrected chi connectivity index (χ3v) is 4.81. The van der Waals surface area contributed by atoms with Gasteiger partial charge < -0.3 is 15.7 Å². The van der Waals surface area contributed by atoms with Gasteiger partial charge in [-0.15, -0.1) is 11.8 Å². The fraction of sp³-hybridized carbons (Fsp3) is 0.385. The average molecular weight is 360 g/mol. The number of primary amides is 1. The van der Waals surface area contributed by atoms with Gasteiger partial charge >= 0.3 is 0 Å². The zero-order valence-electron chi connectivity index (χ0n) is 11.9. The number of aliphatic hydroxyl groups is 1. The van der Waals surface area contributed by atoms with E-state index in [1.54, 1.807) is 0 Å². The molecule has 0 radical (unpaired) electrons. The maximum atomic E-state index is 12.1. The molecule has 0 bridgehead atoms. The van der Waals surface area contributed by atoms with Gasteiger partial charge in [0.2, 0.25) is 5.91 Å². The van der Waals surface area contributed by atoms with E-state index < -0.39 is 16.4 Å². The number of hydrogen-bond acceptors (Lipinski definition) is 6. The number of rotatable bonds is 5. The smallest absolute Gasteiger partial charge is 0.284 e. The van der Waals surface area contributed by atoms with Gasteiger partial charge in [-0.25, -0.2) is 0 Å². The first-order chi connectivity index (χ1) is 10.7. The van der Waals surface area contributed by atoms with Crippen LogP contribution in [0.5, 0.6) is 0 Å². The molecule has 1 aromatic rings. The normalized spacial score (nSPS) is 20.5. The van der Waals surface area contributed by atoms with Gasteiger partial charge in [0, 0.05) is 24.1 Å². The van der Waals surface area contributed by atoms with Crippen molar-refractivity contribution in [2.45, 2.75) is 16.9 Å². The second-order valence-corrected chi connectivity index (χ2v) is 6.57. The van der Waals surface area contributed by atoms with E-state index in [9.17, 15) is 24.8 Å². The minimum absolute atomic E-state index is 0.0582. The van der Waals surface area contributed by atoms with Gasteiger partial charge in [0.1, 0.15) is 0 Å². The molecule has 1 aliphatic rings. The fourth-order valence-electron chi connectivity index (χ4n) is 2.19. The number of nitrogens with zero attached hydrogens (tertiary/aromatic N) is 2. The Kier molecular flexibility index (Phi) is 5.12. The maximum Gasteiger partial charge on any atom is 0.284 e. The predicted octanol–water partition coefficient (Wildman–Crippen LogP) is 0.789. The molecule has 2 amide bonds. The summed E-state index contributed by atoms with van der Waals surface area (Å²) >= 11 is 6.73. The Morgan fingerprint density at radius 1 is 1.52 bits per heavy atom. The lowest BCUT2D eigenvalue weighted by molar-refractivity contribution is -0.387. The molecule has 0 saturated carbocycles. The first kappa shape index (κ1) is 17.5. The van der Waals surface area contributed by atoms with Crippen LogP contribution in [0.4, 0.5) is 5.69 Å². The van der Waals surface area contributed by atoms with E-state index in [0.717, 1.165) is 11.8 Å². The Morgan fingerprint density at radius 2 is 2.22 bits per heavy atom. The van der Waals surface area contributed by atoms with E-state index in [1.807, 2.05) is 0 Å². The summed E-state index contributed by atoms with van der Waals surface area (Å²) in [5, 5.41) is 21.2. The summed E-state index contributed by atoms with van der Waals surface area (Å²) in [5.41, 5.74) is 3.23. The Morgan fingerprint density at radius 3 is 2.78 bits per heavy atom. The van der Waals surface area contributed by atoms with Crippen molar-refractivity contribution in [2.75, 3.05) is 18.8 Å². The molecule has 0 aliphatic carbocycles. The molecule has 124 valence electrons. The van der Waals surface area contributed by atoms with Crippen molar-refractivity contribution in [2.24, 2.45) is 5.73 Å². The predicted molar refractivity (Wildman–Crippen MR) is 84.2 cm³/mol. The first-order valence-corrected chi connectivity index (χ1v) is 7.96. The van der Waals surface area contributed by atoms with Crippen LogP contribution in [0.2, 0.25) is 5.02 Å². The van der Waals surface area contributed by atoms with E-state index in [4.69, 9.17) is 17.3 Å². The molecule has 1 saturated heterocycles. The van der Waals surface area contributed by atoms with Crippen molar-refractivity contribution in [1.29, 1.82) is 0 Å². The molecule has 1 aromatic carbocycles. The quantitative estimate of drug-likeness (QED) is 0.454. The standard InChI is InChI=1S/C13H14ClN3O5S/c14-8-1-2-10(9(5-8)17(21)22)23-6-11(18)16-4-3-13(20,7-16)12(15)19/h1-2,5,20H,3-4,6-7H2,(H2,15,19)/t13-/m0/s1. The van der Waals surface area contributed by atoms with Crippen LogP contribution in [0.1, 0.15) is 6.42 Å². The average Bonchev–Trinajstić information content (AvgIpc) is 2.89. The lowest BCUT2D eigenvalue weighted by Gasteiger charge is -2.19. The van der Waals surface area contributed by atoms with Gasteiger partial charge in [0.25, 0.3) is 11.6 Å². The van der Waals surface area contributed by atoms with Gasteiger partial charge in [-0.05, 0) is 12.1 Å². The molecular formula is C13H14ClN3O5S. The first-order valence-electron chi connectivity index (χ1n) is 6.60. The van der Waals surface area contributed by atoms with Crippen LogP contribution in [0.3, 0.4) is 0 Å². The van der Waals surface area contributed by atoms with E-state index in [0.29, 0.717) is 4.90 Å². The molecule has 3 N–H and O–H groups in total. The Labute approximate surface area is 140 Å². The number of amides is 2. The number of hydrogen-bond donors (Lipinski definition) is 2. The number of nitrogens with two attached hydrogens (primary N) is 1. The minimum atomic E-state index is -1.70. The molecule has 0 spiro atoms. The molecular weight excluding hydrogens is 346 g/mol. The summed E-state index contributed by atoms with van der Waals surface area (Å²) in [7, 11) is 0. The third-order valence-electron chi connectivity index (χ3n) is 3.53. The Hall–Kier alpha value is -1.84. The molecule has 0 aromatic heterocycles. The van der Waals surface area contributed by atoms with Crippen molar-refractivity contribution < 1.29 is 19.6 Å². The lowest BCUT2D eigenvalue weighted by Crippen LogP contribution is -2.47. The number of halogens is 1. The number of likely N-dealkylation sites (tertiary alicyclic amines) is 1. The van der Waals surface area contributed by atoms with E-state index in [2.05, 4.69) is 0 Å². The SMILES string of the molecule is NC(=O)[C@]1(O)CCN(C(=O)CSc2ccc(Cl)cc2[N+](=O)[O-])C1. The monoisotopic (exact) mass is 359 g/mol. The molecule has 2 rings (SSSR count). The minimum Gasteiger partial charge on any atom is -0.378 e. The summed E-state index contributed by atoms with van der Waals surface area (Å²) in [5.74, 6) is -1.26. The van der Waals surface area contributed by atoms with Crippen molar-refractivity contribution in [3.8, 4) is 0 Å². The van der Waals surface area contributed by atoms with Gasteiger partial charge in [-0.2, -0.15) is 0 Å². The summed E-state index contributed by atoms with van der Waals surface area (Å²) in [4.78, 5) is 35.3. The second-order valence-electron chi connectivity index (χ2n) is 5.12. The fourth-order valence-corrected chi connectivity index (χ4v) is 3.27. The van der Waals surface area contributed by atoms with Crippen LogP contribution in [-0.2, 0) is 9.59 Å². The highest BCUT2D eigenvalue weighted by Crippen LogP contribution is 2.32. The summed E-state index contributed by atoms with van der Waals surface area (Å²) in [6.45, 7) is 0.0476. The van der Waals surface area contributed by atoms with Crippen molar-refractivity contribution in [3.05, 3.63) is 33.3 Å². The molecule has 8 nitrogen and oxygen atoms in total. The number of carbonyl (C=O) groups excluding carboxylic acids is 2. The highest BCUT2D eigenvalue weighted by Gasteiger charge is 2.42. The molecule has 1 aliphatic heterocycles. The van der Waals surface area contributed by atoms with E-state index in [-0.39, 0.29) is 41.9 Å². The second kappa shape index (κ2) is 6.73. The topological polar surface area (TPSA) is 127 Å². The molecule has 10 heteroatoms. The van der Waals surface area contributed by atoms with Crippen molar-refractivity contribution >= 4 is 40.9 Å². The zero-order chi connectivity index (χ0) is 17.2. The maximum absolute atomic E-state index is 12.1. The van der Waals surface area contributed by atoms with E-state index in [1.165, 1.54) is 23.1 Å². The molecule has 0 unspecified atom stereocenters. The van der Waals surface area contributed by atoms with Crippen LogP contribution in [0.15, 0.2) is 23.1 Å². The highest BCUT2D eigenvalue weighted by atomic mass is 35.5. The Bertz CT molecular complexity index is 671. The highest BCUT2D eigenvalue weighted by molar-refractivity contribution is 8.00. The van der Waals surface area contributed by atoms with Crippen molar-refractivity contribution in [3.63, 3.8) is 0 Å². The van der Waals surface area contributed by atoms with Crippen molar-refractivity contribution in [1.82, 2.24) is 4.90 Å². The van der Waals surface area contributed by atoms with Crippen LogP contribution < -0.4 is 5.73 Å².